The van der Waals surface area contributed by atoms with Crippen LogP contribution in [-0.2, 0) is 0 Å². The topological polar surface area (TPSA) is 68.0 Å². The zero-order valence-corrected chi connectivity index (χ0v) is 11.8. The van der Waals surface area contributed by atoms with Crippen molar-refractivity contribution in [1.82, 2.24) is 4.98 Å². The molecule has 0 bridgehead atoms. The first-order chi connectivity index (χ1) is 9.63. The Hall–Kier alpha value is -2.11. The highest BCUT2D eigenvalue weighted by molar-refractivity contribution is 7.17. The van der Waals surface area contributed by atoms with Crippen LogP contribution in [0.4, 0.5) is 11.5 Å². The Kier molecular flexibility index (Phi) is 3.30. The van der Waals surface area contributed by atoms with Crippen LogP contribution in [0.3, 0.4) is 0 Å². The molecule has 6 heteroatoms. The number of carbonyl (C=O) groups excluding carboxylic acids is 1. The molecule has 0 radical (unpaired) electrons. The molecule has 0 aliphatic rings. The van der Waals surface area contributed by atoms with Gasteiger partial charge < -0.3 is 11.1 Å². The predicted octanol–water partition coefficient (Wildman–Crippen LogP) is 3.78. The van der Waals surface area contributed by atoms with Crippen LogP contribution in [0.5, 0.6) is 0 Å². The maximum absolute atomic E-state index is 12.2. The van der Waals surface area contributed by atoms with Gasteiger partial charge in [-0.1, -0.05) is 11.6 Å². The summed E-state index contributed by atoms with van der Waals surface area (Å²) >= 11 is 7.61. The van der Waals surface area contributed by atoms with E-state index in [1.54, 1.807) is 23.5 Å². The van der Waals surface area contributed by atoms with Crippen LogP contribution in [0.1, 0.15) is 10.5 Å². The van der Waals surface area contributed by atoms with Crippen LogP contribution in [-0.4, -0.2) is 10.9 Å². The number of aromatic nitrogens is 1. The van der Waals surface area contributed by atoms with Crippen molar-refractivity contribution in [3.63, 3.8) is 0 Å². The van der Waals surface area contributed by atoms with E-state index in [1.807, 2.05) is 29.6 Å². The maximum Gasteiger partial charge on any atom is 0.275 e. The lowest BCUT2D eigenvalue weighted by molar-refractivity contribution is 0.102. The van der Waals surface area contributed by atoms with Gasteiger partial charge in [-0.2, -0.15) is 0 Å². The zero-order valence-electron chi connectivity index (χ0n) is 10.3. The summed E-state index contributed by atoms with van der Waals surface area (Å²) in [4.78, 5) is 16.1. The predicted molar refractivity (Wildman–Crippen MR) is 83.4 cm³/mol. The first-order valence-corrected chi connectivity index (χ1v) is 7.10. The molecule has 0 saturated heterocycles. The number of nitrogens with two attached hydrogens (primary N) is 1. The first kappa shape index (κ1) is 12.9. The van der Waals surface area contributed by atoms with Crippen LogP contribution in [0.15, 0.2) is 41.8 Å². The van der Waals surface area contributed by atoms with E-state index in [0.717, 1.165) is 5.39 Å². The van der Waals surface area contributed by atoms with Gasteiger partial charge in [-0.25, -0.2) is 4.98 Å². The first-order valence-electron chi connectivity index (χ1n) is 5.84. The minimum absolute atomic E-state index is 0.122. The lowest BCUT2D eigenvalue weighted by Crippen LogP contribution is -2.15. The molecular formula is C14H10ClN3OS. The summed E-state index contributed by atoms with van der Waals surface area (Å²) in [5, 5.41) is 6.13. The fraction of sp³-hybridized carbons (Fsp3) is 0. The summed E-state index contributed by atoms with van der Waals surface area (Å²) in [5.74, 6) is -0.121. The summed E-state index contributed by atoms with van der Waals surface area (Å²) in [6.07, 6.45) is 0. The molecule has 3 rings (SSSR count). The van der Waals surface area contributed by atoms with Crippen LogP contribution in [0.25, 0.3) is 10.1 Å². The van der Waals surface area contributed by atoms with E-state index < -0.39 is 0 Å². The molecule has 0 fully saturated rings. The average molecular weight is 304 g/mol. The number of pyridine rings is 1. The molecule has 0 spiro atoms. The molecule has 0 atom stereocenters. The largest absolute Gasteiger partial charge is 0.384 e. The Bertz CT molecular complexity index is 800. The van der Waals surface area contributed by atoms with Crippen LogP contribution < -0.4 is 11.1 Å². The van der Waals surface area contributed by atoms with Crippen LogP contribution in [0, 0.1) is 0 Å². The van der Waals surface area contributed by atoms with Gasteiger partial charge >= 0.3 is 0 Å². The third kappa shape index (κ3) is 2.45. The summed E-state index contributed by atoms with van der Waals surface area (Å²) < 4.78 is 1.17. The Morgan fingerprint density at radius 2 is 2.10 bits per heavy atom. The lowest BCUT2D eigenvalue weighted by atomic mass is 10.2. The molecule has 3 N–H and O–H groups in total. The molecule has 1 amide bonds. The van der Waals surface area contributed by atoms with E-state index >= 15 is 0 Å². The molecule has 4 nitrogen and oxygen atoms in total. The number of carbonyl (C=O) groups is 1. The number of thiophene rings is 1. The molecule has 0 aliphatic carbocycles. The number of anilines is 2. The third-order valence-corrected chi connectivity index (χ3v) is 4.00. The fourth-order valence-electron chi connectivity index (χ4n) is 1.85. The summed E-state index contributed by atoms with van der Waals surface area (Å²) in [6, 6.07) is 10.8. The van der Waals surface area contributed by atoms with E-state index in [0.29, 0.717) is 5.69 Å². The van der Waals surface area contributed by atoms with Crippen LogP contribution >= 0.6 is 22.9 Å². The molecular weight excluding hydrogens is 294 g/mol. The highest BCUT2D eigenvalue weighted by Crippen LogP contribution is 2.24. The molecule has 0 unspecified atom stereocenters. The van der Waals surface area contributed by atoms with E-state index in [1.165, 1.54) is 4.70 Å². The van der Waals surface area contributed by atoms with Gasteiger partial charge in [0.15, 0.2) is 0 Å². The van der Waals surface area contributed by atoms with Gasteiger partial charge in [0, 0.05) is 10.4 Å². The second kappa shape index (κ2) is 5.11. The Morgan fingerprint density at radius 3 is 2.95 bits per heavy atom. The van der Waals surface area contributed by atoms with Gasteiger partial charge in [-0.3, -0.25) is 4.79 Å². The molecule has 1 aromatic carbocycles. The molecule has 3 aromatic rings. The number of hydrogen-bond acceptors (Lipinski definition) is 4. The smallest absolute Gasteiger partial charge is 0.275 e. The lowest BCUT2D eigenvalue weighted by Gasteiger charge is -2.07. The van der Waals surface area contributed by atoms with Gasteiger partial charge in [-0.05, 0) is 47.2 Å². The van der Waals surface area contributed by atoms with Crippen molar-refractivity contribution in [2.24, 2.45) is 0 Å². The zero-order chi connectivity index (χ0) is 14.1. The van der Waals surface area contributed by atoms with Crippen molar-refractivity contribution >= 4 is 50.4 Å². The number of rotatable bonds is 2. The molecule has 100 valence electrons. The number of halogens is 1. The van der Waals surface area contributed by atoms with Gasteiger partial charge in [0.2, 0.25) is 0 Å². The number of benzene rings is 1. The SMILES string of the molecule is Nc1ccc(Cl)c(C(=O)Nc2ccc3sccc3c2)n1. The second-order valence-corrected chi connectivity index (χ2v) is 5.55. The summed E-state index contributed by atoms with van der Waals surface area (Å²) in [6.45, 7) is 0. The van der Waals surface area contributed by atoms with Gasteiger partial charge in [0.1, 0.15) is 11.5 Å². The molecule has 2 heterocycles. The number of fused-ring (bicyclic) bond motifs is 1. The van der Waals surface area contributed by atoms with Crippen molar-refractivity contribution in [2.75, 3.05) is 11.1 Å². The fourth-order valence-corrected chi connectivity index (χ4v) is 2.81. The van der Waals surface area contributed by atoms with Crippen molar-refractivity contribution in [3.8, 4) is 0 Å². The normalized spacial score (nSPS) is 10.7. The molecule has 2 aromatic heterocycles. The molecule has 20 heavy (non-hydrogen) atoms. The Labute approximate surface area is 124 Å². The minimum atomic E-state index is -0.378. The number of amides is 1. The average Bonchev–Trinajstić information content (AvgIpc) is 2.89. The highest BCUT2D eigenvalue weighted by atomic mass is 35.5. The quantitative estimate of drug-likeness (QED) is 0.757. The maximum atomic E-state index is 12.2. The monoisotopic (exact) mass is 303 g/mol. The van der Waals surface area contributed by atoms with Gasteiger partial charge in [-0.15, -0.1) is 11.3 Å². The summed E-state index contributed by atoms with van der Waals surface area (Å²) in [5.41, 5.74) is 6.39. The van der Waals surface area contributed by atoms with E-state index in [4.69, 9.17) is 17.3 Å². The van der Waals surface area contributed by atoms with E-state index in [-0.39, 0.29) is 22.4 Å². The number of nitrogens with zero attached hydrogens (tertiary/aromatic N) is 1. The van der Waals surface area contributed by atoms with Crippen molar-refractivity contribution < 1.29 is 4.79 Å². The standard InChI is InChI=1S/C14H10ClN3OS/c15-10-2-4-12(16)18-13(10)14(19)17-9-1-3-11-8(7-9)5-6-20-11/h1-7H,(H2,16,18)(H,17,19). The summed E-state index contributed by atoms with van der Waals surface area (Å²) in [7, 11) is 0. The molecule has 0 saturated carbocycles. The Balaban J connectivity index is 1.89. The minimum Gasteiger partial charge on any atom is -0.384 e. The third-order valence-electron chi connectivity index (χ3n) is 2.79. The number of nitrogen functional groups attached to an aromatic ring is 1. The second-order valence-electron chi connectivity index (χ2n) is 4.19. The van der Waals surface area contributed by atoms with Crippen molar-refractivity contribution in [3.05, 3.63) is 52.5 Å². The van der Waals surface area contributed by atoms with Crippen LogP contribution in [0.2, 0.25) is 5.02 Å². The van der Waals surface area contributed by atoms with Gasteiger partial charge in [0.05, 0.1) is 5.02 Å². The Morgan fingerprint density at radius 1 is 1.25 bits per heavy atom. The van der Waals surface area contributed by atoms with Crippen molar-refractivity contribution in [2.45, 2.75) is 0 Å². The highest BCUT2D eigenvalue weighted by Gasteiger charge is 2.13. The number of hydrogen-bond donors (Lipinski definition) is 2. The van der Waals surface area contributed by atoms with Crippen molar-refractivity contribution in [1.29, 1.82) is 0 Å². The molecule has 0 aliphatic heterocycles. The van der Waals surface area contributed by atoms with Gasteiger partial charge in [0.25, 0.3) is 5.91 Å². The van der Waals surface area contributed by atoms with E-state index in [2.05, 4.69) is 10.3 Å². The number of nitrogens with one attached hydrogen (secondary N) is 1. The van der Waals surface area contributed by atoms with E-state index in [9.17, 15) is 4.79 Å².